The summed E-state index contributed by atoms with van der Waals surface area (Å²) in [5, 5.41) is 11.3. The number of aromatic nitrogens is 2. The largest absolute Gasteiger partial charge is 0.476 e. The standard InChI is InChI=1S/C16H12F3N3O3/c17-16(18,19)10-4-2-1-3-8(10)9-5-11(9)22-14(23)12-6-21-13(7-20-12)15(24)25/h1-4,6-7,9,11H,5H2,(H,22,23)(H,24,25). The van der Waals surface area contributed by atoms with Crippen LogP contribution in [0.5, 0.6) is 0 Å². The highest BCUT2D eigenvalue weighted by Crippen LogP contribution is 2.46. The number of carbonyl (C=O) groups is 2. The highest BCUT2D eigenvalue weighted by atomic mass is 19.4. The van der Waals surface area contributed by atoms with E-state index < -0.39 is 35.6 Å². The van der Waals surface area contributed by atoms with E-state index in [1.54, 1.807) is 0 Å². The van der Waals surface area contributed by atoms with E-state index in [4.69, 9.17) is 5.11 Å². The molecule has 1 fully saturated rings. The van der Waals surface area contributed by atoms with Crippen LogP contribution in [0, 0.1) is 0 Å². The van der Waals surface area contributed by atoms with Crippen LogP contribution in [0.15, 0.2) is 36.7 Å². The molecule has 3 rings (SSSR count). The number of amides is 1. The molecule has 9 heteroatoms. The Hall–Kier alpha value is -2.97. The summed E-state index contributed by atoms with van der Waals surface area (Å²) in [6.45, 7) is 0. The van der Waals surface area contributed by atoms with Crippen molar-refractivity contribution < 1.29 is 27.9 Å². The molecule has 0 aliphatic heterocycles. The van der Waals surface area contributed by atoms with Gasteiger partial charge in [0.25, 0.3) is 5.91 Å². The molecular formula is C16H12F3N3O3. The zero-order valence-corrected chi connectivity index (χ0v) is 12.6. The quantitative estimate of drug-likeness (QED) is 0.883. The lowest BCUT2D eigenvalue weighted by Gasteiger charge is -2.12. The van der Waals surface area contributed by atoms with Gasteiger partial charge in [0.05, 0.1) is 18.0 Å². The molecule has 0 bridgehead atoms. The van der Waals surface area contributed by atoms with Crippen LogP contribution in [0.2, 0.25) is 0 Å². The second-order valence-electron chi connectivity index (χ2n) is 5.60. The average Bonchev–Trinajstić information content (AvgIpc) is 3.33. The number of aromatic carboxylic acids is 1. The van der Waals surface area contributed by atoms with Gasteiger partial charge in [0.1, 0.15) is 5.69 Å². The maximum absolute atomic E-state index is 13.0. The Bertz CT molecular complexity index is 821. The van der Waals surface area contributed by atoms with Crippen molar-refractivity contribution in [3.05, 3.63) is 59.2 Å². The number of alkyl halides is 3. The first-order chi connectivity index (χ1) is 11.8. The van der Waals surface area contributed by atoms with Crippen LogP contribution in [0.1, 0.15) is 44.4 Å². The predicted octanol–water partition coefficient (Wildman–Crippen LogP) is 2.48. The van der Waals surface area contributed by atoms with E-state index >= 15 is 0 Å². The van der Waals surface area contributed by atoms with Crippen LogP contribution in [-0.2, 0) is 6.18 Å². The third-order valence-electron chi connectivity index (χ3n) is 3.88. The fraction of sp³-hybridized carbons (Fsp3) is 0.250. The molecule has 2 atom stereocenters. The number of carboxylic acid groups (broad SMARTS) is 1. The van der Waals surface area contributed by atoms with E-state index in [-0.39, 0.29) is 17.0 Å². The Kier molecular flexibility index (Phi) is 4.15. The molecule has 1 aromatic carbocycles. The summed E-state index contributed by atoms with van der Waals surface area (Å²) in [5.74, 6) is -2.31. The summed E-state index contributed by atoms with van der Waals surface area (Å²) in [4.78, 5) is 30.0. The molecule has 1 heterocycles. The van der Waals surface area contributed by atoms with E-state index in [0.29, 0.717) is 6.42 Å². The minimum Gasteiger partial charge on any atom is -0.476 e. The van der Waals surface area contributed by atoms with Crippen LogP contribution in [0.3, 0.4) is 0 Å². The molecule has 25 heavy (non-hydrogen) atoms. The lowest BCUT2D eigenvalue weighted by atomic mass is 10.0. The first-order valence-corrected chi connectivity index (χ1v) is 7.29. The highest BCUT2D eigenvalue weighted by molar-refractivity contribution is 5.93. The monoisotopic (exact) mass is 351 g/mol. The van der Waals surface area contributed by atoms with Crippen LogP contribution in [0.25, 0.3) is 0 Å². The Labute approximate surface area is 139 Å². The fourth-order valence-corrected chi connectivity index (χ4v) is 2.57. The van der Waals surface area contributed by atoms with Gasteiger partial charge in [-0.1, -0.05) is 18.2 Å². The lowest BCUT2D eigenvalue weighted by Crippen LogP contribution is -2.28. The summed E-state index contributed by atoms with van der Waals surface area (Å²) in [5.41, 5.74) is -0.963. The van der Waals surface area contributed by atoms with Crippen molar-refractivity contribution in [2.45, 2.75) is 24.6 Å². The molecule has 2 unspecified atom stereocenters. The summed E-state index contributed by atoms with van der Waals surface area (Å²) in [6, 6.07) is 4.83. The maximum atomic E-state index is 13.0. The fourth-order valence-electron chi connectivity index (χ4n) is 2.57. The normalized spacial score (nSPS) is 19.3. The molecule has 1 amide bonds. The van der Waals surface area contributed by atoms with E-state index in [2.05, 4.69) is 15.3 Å². The van der Waals surface area contributed by atoms with Crippen LogP contribution in [-0.4, -0.2) is 33.0 Å². The molecule has 0 spiro atoms. The van der Waals surface area contributed by atoms with Gasteiger partial charge in [-0.15, -0.1) is 0 Å². The number of carbonyl (C=O) groups excluding carboxylic acids is 1. The smallest absolute Gasteiger partial charge is 0.416 e. The van der Waals surface area contributed by atoms with E-state index in [9.17, 15) is 22.8 Å². The molecule has 6 nitrogen and oxygen atoms in total. The van der Waals surface area contributed by atoms with Crippen molar-refractivity contribution in [3.8, 4) is 0 Å². The Morgan fingerprint density at radius 2 is 1.76 bits per heavy atom. The van der Waals surface area contributed by atoms with Crippen LogP contribution in [0.4, 0.5) is 13.2 Å². The van der Waals surface area contributed by atoms with Crippen molar-refractivity contribution in [3.63, 3.8) is 0 Å². The van der Waals surface area contributed by atoms with Gasteiger partial charge >= 0.3 is 12.1 Å². The summed E-state index contributed by atoms with van der Waals surface area (Å²) < 4.78 is 39.1. The number of carboxylic acids is 1. The molecule has 0 saturated heterocycles. The average molecular weight is 351 g/mol. The zero-order valence-electron chi connectivity index (χ0n) is 12.6. The molecule has 0 radical (unpaired) electrons. The molecule has 1 aliphatic carbocycles. The molecule has 1 saturated carbocycles. The molecule has 2 N–H and O–H groups in total. The topological polar surface area (TPSA) is 92.2 Å². The predicted molar refractivity (Wildman–Crippen MR) is 79.0 cm³/mol. The van der Waals surface area contributed by atoms with Crippen molar-refractivity contribution >= 4 is 11.9 Å². The third-order valence-corrected chi connectivity index (χ3v) is 3.88. The summed E-state index contributed by atoms with van der Waals surface area (Å²) in [7, 11) is 0. The number of nitrogens with one attached hydrogen (secondary N) is 1. The summed E-state index contributed by atoms with van der Waals surface area (Å²) in [6.07, 6.45) is -2.11. The van der Waals surface area contributed by atoms with Crippen LogP contribution >= 0.6 is 0 Å². The van der Waals surface area contributed by atoms with Gasteiger partial charge in [0, 0.05) is 12.0 Å². The van der Waals surface area contributed by atoms with Gasteiger partial charge in [-0.3, -0.25) is 4.79 Å². The number of benzene rings is 1. The van der Waals surface area contributed by atoms with Crippen molar-refractivity contribution in [1.29, 1.82) is 0 Å². The first kappa shape index (κ1) is 16.9. The number of nitrogens with zero attached hydrogens (tertiary/aromatic N) is 2. The molecular weight excluding hydrogens is 339 g/mol. The number of halogens is 3. The van der Waals surface area contributed by atoms with Gasteiger partial charge in [-0.05, 0) is 18.1 Å². The second-order valence-corrected chi connectivity index (χ2v) is 5.60. The van der Waals surface area contributed by atoms with Crippen molar-refractivity contribution in [2.75, 3.05) is 0 Å². The minimum atomic E-state index is -4.45. The van der Waals surface area contributed by atoms with Crippen LogP contribution < -0.4 is 5.32 Å². The SMILES string of the molecule is O=C(O)c1cnc(C(=O)NC2CC2c2ccccc2C(F)(F)F)cn1. The molecule has 2 aromatic rings. The Morgan fingerprint density at radius 3 is 2.36 bits per heavy atom. The van der Waals surface area contributed by atoms with Gasteiger partial charge in [0.2, 0.25) is 0 Å². The summed E-state index contributed by atoms with van der Waals surface area (Å²) >= 11 is 0. The molecule has 1 aliphatic rings. The van der Waals surface area contributed by atoms with Gasteiger partial charge in [0.15, 0.2) is 5.69 Å². The van der Waals surface area contributed by atoms with Crippen molar-refractivity contribution in [1.82, 2.24) is 15.3 Å². The second kappa shape index (κ2) is 6.15. The van der Waals surface area contributed by atoms with E-state index in [0.717, 1.165) is 18.5 Å². The number of hydrogen-bond acceptors (Lipinski definition) is 4. The van der Waals surface area contributed by atoms with Crippen molar-refractivity contribution in [2.24, 2.45) is 0 Å². The number of hydrogen-bond donors (Lipinski definition) is 2. The molecule has 130 valence electrons. The Morgan fingerprint density at radius 1 is 1.12 bits per heavy atom. The maximum Gasteiger partial charge on any atom is 0.416 e. The number of rotatable bonds is 4. The minimum absolute atomic E-state index is 0.0974. The zero-order chi connectivity index (χ0) is 18.2. The Balaban J connectivity index is 1.69. The molecule has 1 aromatic heterocycles. The van der Waals surface area contributed by atoms with Gasteiger partial charge in [-0.2, -0.15) is 13.2 Å². The van der Waals surface area contributed by atoms with Gasteiger partial charge < -0.3 is 10.4 Å². The van der Waals surface area contributed by atoms with E-state index in [1.807, 2.05) is 0 Å². The highest BCUT2D eigenvalue weighted by Gasteiger charge is 2.45. The lowest BCUT2D eigenvalue weighted by molar-refractivity contribution is -0.138. The first-order valence-electron chi connectivity index (χ1n) is 7.29. The van der Waals surface area contributed by atoms with E-state index in [1.165, 1.54) is 18.2 Å². The van der Waals surface area contributed by atoms with Gasteiger partial charge in [-0.25, -0.2) is 14.8 Å². The third kappa shape index (κ3) is 3.59.